The van der Waals surface area contributed by atoms with Crippen molar-refractivity contribution < 1.29 is 9.90 Å². The first-order valence-electron chi connectivity index (χ1n) is 5.89. The lowest BCUT2D eigenvalue weighted by molar-refractivity contribution is -0.140. The molecular weight excluding hydrogens is 220 g/mol. The number of aryl methyl sites for hydroxylation is 1. The Hall–Kier alpha value is -1.43. The average Bonchev–Trinajstić information content (AvgIpc) is 2.65. The van der Waals surface area contributed by atoms with Crippen molar-refractivity contribution in [2.45, 2.75) is 46.3 Å². The highest BCUT2D eigenvalue weighted by Gasteiger charge is 2.21. The lowest BCUT2D eigenvalue weighted by atomic mass is 10.1. The molecule has 1 atom stereocenters. The fraction of sp³-hybridized carbons (Fsp3) is 0.727. The van der Waals surface area contributed by atoms with Crippen LogP contribution in [0.1, 0.15) is 33.0 Å². The lowest BCUT2D eigenvalue weighted by Gasteiger charge is -2.17. The monoisotopic (exact) mass is 240 g/mol. The Morgan fingerprint density at radius 2 is 2.29 bits per heavy atom. The Labute approximate surface area is 101 Å². The quantitative estimate of drug-likeness (QED) is 0.739. The molecule has 6 nitrogen and oxygen atoms in total. The molecule has 1 heterocycles. The van der Waals surface area contributed by atoms with Gasteiger partial charge in [0.25, 0.3) is 0 Å². The predicted octanol–water partition coefficient (Wildman–Crippen LogP) is 0.887. The molecule has 17 heavy (non-hydrogen) atoms. The number of hydrogen-bond acceptors (Lipinski definition) is 4. The summed E-state index contributed by atoms with van der Waals surface area (Å²) in [4.78, 5) is 15.1. The summed E-state index contributed by atoms with van der Waals surface area (Å²) in [7, 11) is 0. The fourth-order valence-corrected chi connectivity index (χ4v) is 1.63. The van der Waals surface area contributed by atoms with Gasteiger partial charge in [-0.15, -0.1) is 0 Å². The molecular formula is C11H20N4O2. The van der Waals surface area contributed by atoms with Crippen LogP contribution in [0.5, 0.6) is 0 Å². The summed E-state index contributed by atoms with van der Waals surface area (Å²) in [6.45, 7) is 7.05. The van der Waals surface area contributed by atoms with E-state index in [1.807, 2.05) is 13.8 Å². The van der Waals surface area contributed by atoms with E-state index in [2.05, 4.69) is 22.3 Å². The van der Waals surface area contributed by atoms with Gasteiger partial charge >= 0.3 is 5.97 Å². The first kappa shape index (κ1) is 13.6. The number of aromatic nitrogens is 3. The van der Waals surface area contributed by atoms with Gasteiger partial charge in [-0.2, -0.15) is 5.10 Å². The van der Waals surface area contributed by atoms with Crippen LogP contribution in [0.3, 0.4) is 0 Å². The van der Waals surface area contributed by atoms with E-state index in [9.17, 15) is 4.79 Å². The number of aliphatic carboxylic acids is 1. The highest BCUT2D eigenvalue weighted by atomic mass is 16.4. The predicted molar refractivity (Wildman–Crippen MR) is 63.4 cm³/mol. The number of nitrogens with zero attached hydrogens (tertiary/aromatic N) is 3. The maximum Gasteiger partial charge on any atom is 0.320 e. The molecule has 0 aliphatic carbocycles. The molecule has 0 aliphatic rings. The zero-order valence-electron chi connectivity index (χ0n) is 10.6. The van der Waals surface area contributed by atoms with E-state index in [1.165, 1.54) is 6.33 Å². The smallest absolute Gasteiger partial charge is 0.320 e. The van der Waals surface area contributed by atoms with Gasteiger partial charge in [-0.1, -0.05) is 20.8 Å². The molecule has 0 fully saturated rings. The second-order valence-electron chi connectivity index (χ2n) is 4.34. The van der Waals surface area contributed by atoms with Gasteiger partial charge in [0.1, 0.15) is 18.2 Å². The largest absolute Gasteiger partial charge is 0.480 e. The third-order valence-electron chi connectivity index (χ3n) is 2.54. The van der Waals surface area contributed by atoms with Crippen LogP contribution in [0.25, 0.3) is 0 Å². The van der Waals surface area contributed by atoms with Gasteiger partial charge < -0.3 is 5.11 Å². The topological polar surface area (TPSA) is 80.0 Å². The SMILES string of the molecule is CCCn1ncnc1CNC(C(=O)O)C(C)C. The van der Waals surface area contributed by atoms with Crippen molar-refractivity contribution in [3.05, 3.63) is 12.2 Å². The number of nitrogens with one attached hydrogen (secondary N) is 1. The van der Waals surface area contributed by atoms with Crippen LogP contribution in [0.4, 0.5) is 0 Å². The molecule has 0 saturated carbocycles. The lowest BCUT2D eigenvalue weighted by Crippen LogP contribution is -2.40. The maximum absolute atomic E-state index is 11.0. The van der Waals surface area contributed by atoms with E-state index in [0.717, 1.165) is 18.8 Å². The molecule has 96 valence electrons. The highest BCUT2D eigenvalue weighted by molar-refractivity contribution is 5.73. The summed E-state index contributed by atoms with van der Waals surface area (Å²) in [6, 6.07) is -0.554. The van der Waals surface area contributed by atoms with E-state index in [1.54, 1.807) is 4.68 Å². The van der Waals surface area contributed by atoms with Gasteiger partial charge in [0.05, 0.1) is 6.54 Å². The number of carbonyl (C=O) groups is 1. The summed E-state index contributed by atoms with van der Waals surface area (Å²) in [6.07, 6.45) is 2.47. The minimum Gasteiger partial charge on any atom is -0.480 e. The Morgan fingerprint density at radius 1 is 1.59 bits per heavy atom. The summed E-state index contributed by atoms with van der Waals surface area (Å²) >= 11 is 0. The first-order valence-corrected chi connectivity index (χ1v) is 5.89. The van der Waals surface area contributed by atoms with Crippen molar-refractivity contribution in [3.8, 4) is 0 Å². The van der Waals surface area contributed by atoms with Crippen molar-refractivity contribution in [2.24, 2.45) is 5.92 Å². The van der Waals surface area contributed by atoms with Crippen molar-refractivity contribution >= 4 is 5.97 Å². The third-order valence-corrected chi connectivity index (χ3v) is 2.54. The molecule has 1 rings (SSSR count). The van der Waals surface area contributed by atoms with Gasteiger partial charge in [-0.05, 0) is 12.3 Å². The zero-order valence-corrected chi connectivity index (χ0v) is 10.6. The summed E-state index contributed by atoms with van der Waals surface area (Å²) in [5.74, 6) is -0.0182. The van der Waals surface area contributed by atoms with Crippen LogP contribution in [-0.4, -0.2) is 31.9 Å². The Balaban J connectivity index is 2.59. The Kier molecular flexibility index (Phi) is 5.09. The second kappa shape index (κ2) is 6.34. The molecule has 0 saturated heterocycles. The van der Waals surface area contributed by atoms with Crippen molar-refractivity contribution in [1.82, 2.24) is 20.1 Å². The molecule has 0 aliphatic heterocycles. The molecule has 1 unspecified atom stereocenters. The Bertz CT molecular complexity index is 362. The number of carboxylic acids is 1. The van der Waals surface area contributed by atoms with Gasteiger partial charge in [0, 0.05) is 6.54 Å². The molecule has 0 spiro atoms. The van der Waals surface area contributed by atoms with E-state index in [-0.39, 0.29) is 5.92 Å². The summed E-state index contributed by atoms with van der Waals surface area (Å²) in [5.41, 5.74) is 0. The molecule has 0 amide bonds. The molecule has 0 bridgehead atoms. The molecule has 1 aromatic heterocycles. The van der Waals surface area contributed by atoms with Crippen LogP contribution in [-0.2, 0) is 17.9 Å². The van der Waals surface area contributed by atoms with Crippen molar-refractivity contribution in [2.75, 3.05) is 0 Å². The van der Waals surface area contributed by atoms with Gasteiger partial charge in [0.2, 0.25) is 0 Å². The second-order valence-corrected chi connectivity index (χ2v) is 4.34. The molecule has 6 heteroatoms. The van der Waals surface area contributed by atoms with Gasteiger partial charge in [-0.3, -0.25) is 10.1 Å². The van der Waals surface area contributed by atoms with Crippen LogP contribution < -0.4 is 5.32 Å². The minimum atomic E-state index is -0.832. The number of hydrogen-bond donors (Lipinski definition) is 2. The first-order chi connectivity index (χ1) is 8.06. The van der Waals surface area contributed by atoms with Crippen LogP contribution in [0.15, 0.2) is 6.33 Å². The van der Waals surface area contributed by atoms with Crippen LogP contribution in [0, 0.1) is 5.92 Å². The normalized spacial score (nSPS) is 12.9. The maximum atomic E-state index is 11.0. The minimum absolute atomic E-state index is 0.0371. The van der Waals surface area contributed by atoms with Gasteiger partial charge in [-0.25, -0.2) is 9.67 Å². The van der Waals surface area contributed by atoms with E-state index < -0.39 is 12.0 Å². The number of carboxylic acid groups (broad SMARTS) is 1. The highest BCUT2D eigenvalue weighted by Crippen LogP contribution is 2.03. The van der Waals surface area contributed by atoms with E-state index in [0.29, 0.717) is 6.54 Å². The number of rotatable bonds is 7. The molecule has 1 aromatic rings. The van der Waals surface area contributed by atoms with Crippen molar-refractivity contribution in [3.63, 3.8) is 0 Å². The summed E-state index contributed by atoms with van der Waals surface area (Å²) < 4.78 is 1.80. The molecule has 0 radical (unpaired) electrons. The van der Waals surface area contributed by atoms with Crippen LogP contribution in [0.2, 0.25) is 0 Å². The van der Waals surface area contributed by atoms with E-state index >= 15 is 0 Å². The average molecular weight is 240 g/mol. The van der Waals surface area contributed by atoms with Crippen LogP contribution >= 0.6 is 0 Å². The summed E-state index contributed by atoms with van der Waals surface area (Å²) in [5, 5.41) is 16.1. The standard InChI is InChI=1S/C11H20N4O2/c1-4-5-15-9(13-7-14-15)6-12-10(8(2)3)11(16)17/h7-8,10,12H,4-6H2,1-3H3,(H,16,17). The third kappa shape index (κ3) is 3.81. The molecule has 2 N–H and O–H groups in total. The van der Waals surface area contributed by atoms with Crippen molar-refractivity contribution in [1.29, 1.82) is 0 Å². The zero-order chi connectivity index (χ0) is 12.8. The van der Waals surface area contributed by atoms with E-state index in [4.69, 9.17) is 5.11 Å². The fourth-order valence-electron chi connectivity index (χ4n) is 1.63. The Morgan fingerprint density at radius 3 is 2.82 bits per heavy atom. The van der Waals surface area contributed by atoms with Gasteiger partial charge in [0.15, 0.2) is 0 Å². The molecule has 0 aromatic carbocycles.